The maximum Gasteiger partial charge on any atom is 0.229 e. The molecule has 1 amide bonds. The molecule has 1 fully saturated rings. The van der Waals surface area contributed by atoms with Gasteiger partial charge in [-0.15, -0.1) is 0 Å². The van der Waals surface area contributed by atoms with Gasteiger partial charge in [-0.2, -0.15) is 5.26 Å². The van der Waals surface area contributed by atoms with Gasteiger partial charge in [0.2, 0.25) is 5.91 Å². The summed E-state index contributed by atoms with van der Waals surface area (Å²) in [6.07, 6.45) is 2.35. The lowest BCUT2D eigenvalue weighted by atomic mass is 9.93. The first kappa shape index (κ1) is 29.0. The fourth-order valence-corrected chi connectivity index (χ4v) is 4.33. The quantitative estimate of drug-likeness (QED) is 0.393. The summed E-state index contributed by atoms with van der Waals surface area (Å²) in [6, 6.07) is 18.0. The Morgan fingerprint density at radius 2 is 1.90 bits per heavy atom. The first-order valence-corrected chi connectivity index (χ1v) is 13.6. The zero-order chi connectivity index (χ0) is 28.5. The van der Waals surface area contributed by atoms with Crippen molar-refractivity contribution in [2.24, 2.45) is 5.41 Å². The van der Waals surface area contributed by atoms with Gasteiger partial charge in [-0.3, -0.25) is 4.79 Å². The van der Waals surface area contributed by atoms with E-state index in [4.69, 9.17) is 14.5 Å². The number of benzene rings is 2. The molecule has 40 heavy (non-hydrogen) atoms. The highest BCUT2D eigenvalue weighted by molar-refractivity contribution is 5.82. The highest BCUT2D eigenvalue weighted by Crippen LogP contribution is 2.27. The molecule has 0 aliphatic carbocycles. The molecule has 0 atom stereocenters. The Labute approximate surface area is 236 Å². The number of likely N-dealkylation sites (N-methyl/N-ethyl adjacent to an activating group) is 1. The van der Waals surface area contributed by atoms with Crippen LogP contribution in [0.3, 0.4) is 0 Å². The highest BCUT2D eigenvalue weighted by Gasteiger charge is 2.29. The van der Waals surface area contributed by atoms with Gasteiger partial charge < -0.3 is 24.6 Å². The molecule has 3 aromatic rings. The molecular weight excluding hydrogens is 504 g/mol. The number of morpholine rings is 1. The summed E-state index contributed by atoms with van der Waals surface area (Å²) < 4.78 is 11.4. The van der Waals surface area contributed by atoms with Crippen LogP contribution in [0.2, 0.25) is 0 Å². The number of nitrogens with zero attached hydrogens (tertiary/aromatic N) is 5. The van der Waals surface area contributed by atoms with Crippen molar-refractivity contribution < 1.29 is 14.3 Å². The summed E-state index contributed by atoms with van der Waals surface area (Å²) >= 11 is 0. The van der Waals surface area contributed by atoms with E-state index in [-0.39, 0.29) is 12.5 Å². The SMILES string of the molecule is CN(C)CCNC(=O)C(C)(C)COc1ccc(-c2ccnc(Cc3ccc(N4CCOCC4)cc3)n2)cc1C#N. The van der Waals surface area contributed by atoms with Gasteiger partial charge in [-0.25, -0.2) is 9.97 Å². The smallest absolute Gasteiger partial charge is 0.229 e. The maximum atomic E-state index is 12.6. The van der Waals surface area contributed by atoms with E-state index in [0.29, 0.717) is 30.1 Å². The molecule has 0 bridgehead atoms. The highest BCUT2D eigenvalue weighted by atomic mass is 16.5. The van der Waals surface area contributed by atoms with Crippen LogP contribution in [0.5, 0.6) is 5.75 Å². The van der Waals surface area contributed by atoms with E-state index in [1.54, 1.807) is 18.3 Å². The Hall–Kier alpha value is -4.00. The normalized spacial score (nSPS) is 13.7. The number of amides is 1. The second-order valence-corrected chi connectivity index (χ2v) is 10.9. The van der Waals surface area contributed by atoms with Crippen molar-refractivity contribution in [1.29, 1.82) is 5.26 Å². The van der Waals surface area contributed by atoms with Gasteiger partial charge in [-0.1, -0.05) is 12.1 Å². The molecule has 0 spiro atoms. The van der Waals surface area contributed by atoms with Gasteiger partial charge in [0.25, 0.3) is 0 Å². The summed E-state index contributed by atoms with van der Waals surface area (Å²) in [5.41, 5.74) is 3.50. The molecule has 9 heteroatoms. The summed E-state index contributed by atoms with van der Waals surface area (Å²) in [5, 5.41) is 12.7. The third-order valence-electron chi connectivity index (χ3n) is 6.82. The first-order valence-electron chi connectivity index (χ1n) is 13.6. The van der Waals surface area contributed by atoms with Crippen LogP contribution in [-0.4, -0.2) is 80.9 Å². The van der Waals surface area contributed by atoms with E-state index in [9.17, 15) is 10.1 Å². The van der Waals surface area contributed by atoms with Crippen LogP contribution in [0.15, 0.2) is 54.7 Å². The number of nitrogens with one attached hydrogen (secondary N) is 1. The lowest BCUT2D eigenvalue weighted by Crippen LogP contribution is -2.43. The van der Waals surface area contributed by atoms with Crippen LogP contribution in [0.1, 0.15) is 30.8 Å². The largest absolute Gasteiger partial charge is 0.491 e. The van der Waals surface area contributed by atoms with Crippen molar-refractivity contribution in [2.75, 3.05) is 65.0 Å². The molecular formula is C31H38N6O3. The number of carbonyl (C=O) groups excluding carboxylic acids is 1. The molecule has 1 aliphatic rings. The number of ether oxygens (including phenoxy) is 2. The fourth-order valence-electron chi connectivity index (χ4n) is 4.33. The molecule has 0 radical (unpaired) electrons. The third kappa shape index (κ3) is 7.78. The predicted molar refractivity (Wildman–Crippen MR) is 155 cm³/mol. The number of hydrogen-bond acceptors (Lipinski definition) is 8. The van der Waals surface area contributed by atoms with E-state index in [0.717, 1.165) is 49.7 Å². The van der Waals surface area contributed by atoms with Crippen molar-refractivity contribution in [1.82, 2.24) is 20.2 Å². The number of nitriles is 1. The van der Waals surface area contributed by atoms with Gasteiger partial charge in [0, 0.05) is 50.0 Å². The molecule has 2 heterocycles. The molecule has 1 aliphatic heterocycles. The Morgan fingerprint density at radius 1 is 1.15 bits per heavy atom. The second kappa shape index (κ2) is 13.4. The number of carbonyl (C=O) groups is 1. The number of aromatic nitrogens is 2. The van der Waals surface area contributed by atoms with Crippen molar-refractivity contribution in [3.05, 3.63) is 71.7 Å². The molecule has 0 saturated carbocycles. The third-order valence-corrected chi connectivity index (χ3v) is 6.82. The minimum atomic E-state index is -0.750. The Bertz CT molecular complexity index is 1330. The van der Waals surface area contributed by atoms with Gasteiger partial charge in [0.15, 0.2) is 0 Å². The predicted octanol–water partition coefficient (Wildman–Crippen LogP) is 3.53. The zero-order valence-corrected chi connectivity index (χ0v) is 23.8. The van der Waals surface area contributed by atoms with Gasteiger partial charge in [-0.05, 0) is 69.9 Å². The van der Waals surface area contributed by atoms with Crippen molar-refractivity contribution in [2.45, 2.75) is 20.3 Å². The number of anilines is 1. The van der Waals surface area contributed by atoms with Gasteiger partial charge in [0.1, 0.15) is 24.3 Å². The lowest BCUT2D eigenvalue weighted by molar-refractivity contribution is -0.130. The minimum Gasteiger partial charge on any atom is -0.491 e. The van der Waals surface area contributed by atoms with E-state index in [2.05, 4.69) is 45.5 Å². The Morgan fingerprint density at radius 3 is 2.60 bits per heavy atom. The molecule has 9 nitrogen and oxygen atoms in total. The van der Waals surface area contributed by atoms with Crippen molar-refractivity contribution >= 4 is 11.6 Å². The fraction of sp³-hybridized carbons (Fsp3) is 0.419. The molecule has 4 rings (SSSR count). The minimum absolute atomic E-state index is 0.0891. The van der Waals surface area contributed by atoms with Gasteiger partial charge in [0.05, 0.1) is 29.9 Å². The molecule has 2 aromatic carbocycles. The van der Waals surface area contributed by atoms with Crippen molar-refractivity contribution in [3.63, 3.8) is 0 Å². The molecule has 0 unspecified atom stereocenters. The standard InChI is InChI=1S/C31H38N6O3/c1-31(2,30(38)34-13-14-36(3)4)22-40-28-10-7-24(20-25(28)21-32)27-11-12-33-29(35-27)19-23-5-8-26(9-6-23)37-15-17-39-18-16-37/h5-12,20H,13-19,22H2,1-4H3,(H,34,38). The molecule has 1 saturated heterocycles. The number of hydrogen-bond donors (Lipinski definition) is 1. The van der Waals surface area contributed by atoms with E-state index in [1.165, 1.54) is 5.69 Å². The summed E-state index contributed by atoms with van der Waals surface area (Å²) in [5.74, 6) is 1.06. The Kier molecular flexibility index (Phi) is 9.70. The van der Waals surface area contributed by atoms with E-state index in [1.807, 2.05) is 45.0 Å². The van der Waals surface area contributed by atoms with Crippen LogP contribution in [0.25, 0.3) is 11.3 Å². The number of rotatable bonds is 11. The molecule has 210 valence electrons. The van der Waals surface area contributed by atoms with E-state index < -0.39 is 5.41 Å². The maximum absolute atomic E-state index is 12.6. The lowest BCUT2D eigenvalue weighted by Gasteiger charge is -2.28. The van der Waals surface area contributed by atoms with Crippen LogP contribution < -0.4 is 15.0 Å². The van der Waals surface area contributed by atoms with Gasteiger partial charge >= 0.3 is 0 Å². The molecule has 1 aromatic heterocycles. The van der Waals surface area contributed by atoms with Crippen molar-refractivity contribution in [3.8, 4) is 23.1 Å². The van der Waals surface area contributed by atoms with Crippen LogP contribution in [0, 0.1) is 16.7 Å². The second-order valence-electron chi connectivity index (χ2n) is 10.9. The van der Waals surface area contributed by atoms with E-state index >= 15 is 0 Å². The average Bonchev–Trinajstić information content (AvgIpc) is 2.97. The van der Waals surface area contributed by atoms with Crippen LogP contribution in [-0.2, 0) is 16.0 Å². The van der Waals surface area contributed by atoms with Crippen LogP contribution in [0.4, 0.5) is 5.69 Å². The topological polar surface area (TPSA) is 104 Å². The Balaban J connectivity index is 1.40. The summed E-state index contributed by atoms with van der Waals surface area (Å²) in [4.78, 5) is 26.2. The van der Waals surface area contributed by atoms with Crippen LogP contribution >= 0.6 is 0 Å². The monoisotopic (exact) mass is 542 g/mol. The first-order chi connectivity index (χ1) is 19.2. The zero-order valence-electron chi connectivity index (χ0n) is 23.8. The average molecular weight is 543 g/mol. The molecule has 1 N–H and O–H groups in total. The summed E-state index contributed by atoms with van der Waals surface area (Å²) in [7, 11) is 3.92. The summed E-state index contributed by atoms with van der Waals surface area (Å²) in [6.45, 7) is 8.46.